The van der Waals surface area contributed by atoms with Gasteiger partial charge < -0.3 is 15.2 Å². The predicted octanol–water partition coefficient (Wildman–Crippen LogP) is 1.67. The van der Waals surface area contributed by atoms with E-state index in [0.29, 0.717) is 5.75 Å². The Morgan fingerprint density at radius 3 is 2.48 bits per heavy atom. The number of hydrogen-bond donors (Lipinski definition) is 2. The molecule has 0 heterocycles. The normalized spacial score (nSPS) is 11.3. The van der Waals surface area contributed by atoms with Crippen LogP contribution in [0.15, 0.2) is 18.2 Å². The van der Waals surface area contributed by atoms with Crippen LogP contribution < -0.4 is 10.1 Å². The fourth-order valence-electron chi connectivity index (χ4n) is 1.86. The van der Waals surface area contributed by atoms with Crippen molar-refractivity contribution in [2.75, 3.05) is 6.61 Å². The van der Waals surface area contributed by atoms with Gasteiger partial charge in [-0.05, 0) is 37.1 Å². The van der Waals surface area contributed by atoms with Crippen LogP contribution in [0, 0.1) is 26.2 Å². The van der Waals surface area contributed by atoms with Gasteiger partial charge >= 0.3 is 5.97 Å². The summed E-state index contributed by atoms with van der Waals surface area (Å²) in [5.74, 6) is 1.37. The van der Waals surface area contributed by atoms with Crippen LogP contribution in [0.3, 0.4) is 0 Å². The maximum Gasteiger partial charge on any atom is 0.327 e. The highest BCUT2D eigenvalue weighted by atomic mass is 16.5. The number of rotatable bonds is 7. The highest BCUT2D eigenvalue weighted by Crippen LogP contribution is 2.16. The van der Waals surface area contributed by atoms with Gasteiger partial charge in [-0.15, -0.1) is 12.3 Å². The van der Waals surface area contributed by atoms with E-state index < -0.39 is 17.9 Å². The van der Waals surface area contributed by atoms with Crippen LogP contribution in [0.1, 0.15) is 24.0 Å². The molecule has 21 heavy (non-hydrogen) atoms. The van der Waals surface area contributed by atoms with E-state index in [1.807, 2.05) is 32.0 Å². The summed E-state index contributed by atoms with van der Waals surface area (Å²) < 4.78 is 5.49. The molecule has 0 saturated carbocycles. The van der Waals surface area contributed by atoms with Gasteiger partial charge in [0.2, 0.25) is 5.91 Å². The van der Waals surface area contributed by atoms with Crippen LogP contribution >= 0.6 is 0 Å². The largest absolute Gasteiger partial charge is 0.493 e. The molecule has 0 aromatic heterocycles. The average Bonchev–Trinajstić information content (AvgIpc) is 2.36. The minimum atomic E-state index is -1.14. The molecule has 0 radical (unpaired) electrons. The van der Waals surface area contributed by atoms with Crippen molar-refractivity contribution in [3.63, 3.8) is 0 Å². The molecule has 0 aliphatic heterocycles. The number of amides is 1. The third-order valence-electron chi connectivity index (χ3n) is 2.75. The second-order valence-corrected chi connectivity index (χ2v) is 4.79. The Morgan fingerprint density at radius 1 is 1.33 bits per heavy atom. The van der Waals surface area contributed by atoms with Crippen molar-refractivity contribution in [2.45, 2.75) is 32.7 Å². The standard InChI is InChI=1S/C16H19NO4/c1-4-5-14(16(19)20)17-15(18)6-7-21-13-9-11(2)8-12(3)10-13/h1,8-10,14H,5-7H2,2-3H3,(H,17,18)(H,19,20). The molecular formula is C16H19NO4. The number of terminal acetylenes is 1. The Kier molecular flexibility index (Phi) is 6.28. The summed E-state index contributed by atoms with van der Waals surface area (Å²) in [5, 5.41) is 11.2. The summed E-state index contributed by atoms with van der Waals surface area (Å²) in [6.45, 7) is 4.10. The van der Waals surface area contributed by atoms with Crippen LogP contribution in [0.25, 0.3) is 0 Å². The van der Waals surface area contributed by atoms with E-state index in [1.165, 1.54) is 0 Å². The minimum Gasteiger partial charge on any atom is -0.493 e. The number of benzene rings is 1. The molecule has 2 N–H and O–H groups in total. The fraction of sp³-hybridized carbons (Fsp3) is 0.375. The van der Waals surface area contributed by atoms with Crippen molar-refractivity contribution in [3.8, 4) is 18.1 Å². The number of carboxylic acids is 1. The van der Waals surface area contributed by atoms with E-state index in [4.69, 9.17) is 16.3 Å². The fourth-order valence-corrected chi connectivity index (χ4v) is 1.86. The summed E-state index contributed by atoms with van der Waals surface area (Å²) in [6.07, 6.45) is 5.09. The van der Waals surface area contributed by atoms with E-state index in [9.17, 15) is 9.59 Å². The van der Waals surface area contributed by atoms with E-state index >= 15 is 0 Å². The number of carbonyl (C=O) groups excluding carboxylic acids is 1. The molecule has 0 spiro atoms. The Labute approximate surface area is 124 Å². The first-order valence-corrected chi connectivity index (χ1v) is 6.59. The minimum absolute atomic E-state index is 0.0427. The van der Waals surface area contributed by atoms with Gasteiger partial charge in [-0.25, -0.2) is 4.79 Å². The summed E-state index contributed by atoms with van der Waals surface area (Å²) >= 11 is 0. The molecule has 0 fully saturated rings. The SMILES string of the molecule is C#CCC(NC(=O)CCOc1cc(C)cc(C)c1)C(=O)O. The molecule has 1 atom stereocenters. The first-order chi connectivity index (χ1) is 9.92. The zero-order valence-corrected chi connectivity index (χ0v) is 12.2. The third kappa shape index (κ3) is 6.00. The number of nitrogens with one attached hydrogen (secondary N) is 1. The lowest BCUT2D eigenvalue weighted by Gasteiger charge is -2.12. The molecule has 1 aromatic carbocycles. The molecule has 5 heteroatoms. The van der Waals surface area contributed by atoms with Crippen LogP contribution in [-0.4, -0.2) is 29.6 Å². The maximum absolute atomic E-state index is 11.6. The van der Waals surface area contributed by atoms with Crippen molar-refractivity contribution in [2.24, 2.45) is 0 Å². The van der Waals surface area contributed by atoms with Gasteiger partial charge in [-0.2, -0.15) is 0 Å². The number of aryl methyl sites for hydroxylation is 2. The van der Waals surface area contributed by atoms with Gasteiger partial charge in [0.15, 0.2) is 0 Å². The molecule has 0 saturated heterocycles. The Morgan fingerprint density at radius 2 is 1.95 bits per heavy atom. The Balaban J connectivity index is 2.43. The zero-order valence-electron chi connectivity index (χ0n) is 12.2. The molecule has 112 valence electrons. The van der Waals surface area contributed by atoms with Gasteiger partial charge in [0.05, 0.1) is 13.0 Å². The second-order valence-electron chi connectivity index (χ2n) is 4.79. The first-order valence-electron chi connectivity index (χ1n) is 6.59. The van der Waals surface area contributed by atoms with Crippen LogP contribution in [0.5, 0.6) is 5.75 Å². The van der Waals surface area contributed by atoms with Crippen molar-refractivity contribution in [1.82, 2.24) is 5.32 Å². The maximum atomic E-state index is 11.6. The predicted molar refractivity (Wildman–Crippen MR) is 79.0 cm³/mol. The van der Waals surface area contributed by atoms with Gasteiger partial charge in [0.25, 0.3) is 0 Å². The molecule has 0 bridgehead atoms. The van der Waals surface area contributed by atoms with Gasteiger partial charge in [0, 0.05) is 6.42 Å². The van der Waals surface area contributed by atoms with Crippen molar-refractivity contribution >= 4 is 11.9 Å². The second kappa shape index (κ2) is 7.95. The molecule has 0 aliphatic rings. The van der Waals surface area contributed by atoms with Crippen LogP contribution in [0.4, 0.5) is 0 Å². The molecule has 1 aromatic rings. The van der Waals surface area contributed by atoms with Crippen LogP contribution in [-0.2, 0) is 9.59 Å². The van der Waals surface area contributed by atoms with Crippen LogP contribution in [0.2, 0.25) is 0 Å². The number of hydrogen-bond acceptors (Lipinski definition) is 3. The Hall–Kier alpha value is -2.48. The molecule has 1 rings (SSSR count). The molecule has 1 amide bonds. The molecular weight excluding hydrogens is 270 g/mol. The third-order valence-corrected chi connectivity index (χ3v) is 2.75. The number of ether oxygens (including phenoxy) is 1. The number of carboxylic acid groups (broad SMARTS) is 1. The monoisotopic (exact) mass is 289 g/mol. The topological polar surface area (TPSA) is 75.6 Å². The van der Waals surface area contributed by atoms with Crippen molar-refractivity contribution in [1.29, 1.82) is 0 Å². The van der Waals surface area contributed by atoms with E-state index in [2.05, 4.69) is 11.2 Å². The van der Waals surface area contributed by atoms with Crippen molar-refractivity contribution in [3.05, 3.63) is 29.3 Å². The average molecular weight is 289 g/mol. The van der Waals surface area contributed by atoms with E-state index in [1.54, 1.807) is 0 Å². The smallest absolute Gasteiger partial charge is 0.327 e. The van der Waals surface area contributed by atoms with Gasteiger partial charge in [0.1, 0.15) is 11.8 Å². The van der Waals surface area contributed by atoms with Gasteiger partial charge in [-0.1, -0.05) is 6.07 Å². The van der Waals surface area contributed by atoms with E-state index in [-0.39, 0.29) is 19.4 Å². The summed E-state index contributed by atoms with van der Waals surface area (Å²) in [6, 6.07) is 4.73. The molecule has 1 unspecified atom stereocenters. The lowest BCUT2D eigenvalue weighted by atomic mass is 10.1. The summed E-state index contributed by atoms with van der Waals surface area (Å²) in [4.78, 5) is 22.5. The lowest BCUT2D eigenvalue weighted by molar-refractivity contribution is -0.141. The zero-order chi connectivity index (χ0) is 15.8. The van der Waals surface area contributed by atoms with E-state index in [0.717, 1.165) is 11.1 Å². The lowest BCUT2D eigenvalue weighted by Crippen LogP contribution is -2.40. The van der Waals surface area contributed by atoms with Gasteiger partial charge in [-0.3, -0.25) is 4.79 Å². The number of carbonyl (C=O) groups is 2. The quantitative estimate of drug-likeness (QED) is 0.749. The summed E-state index contributed by atoms with van der Waals surface area (Å²) in [7, 11) is 0. The first kappa shape index (κ1) is 16.6. The van der Waals surface area contributed by atoms with Crippen molar-refractivity contribution < 1.29 is 19.4 Å². The number of aliphatic carboxylic acids is 1. The molecule has 0 aliphatic carbocycles. The summed E-state index contributed by atoms with van der Waals surface area (Å²) in [5.41, 5.74) is 2.16. The highest BCUT2D eigenvalue weighted by molar-refractivity contribution is 5.83. The Bertz CT molecular complexity index is 540. The highest BCUT2D eigenvalue weighted by Gasteiger charge is 2.18. The molecule has 5 nitrogen and oxygen atoms in total.